The normalized spacial score (nSPS) is 24.3. The zero-order valence-electron chi connectivity index (χ0n) is 15.0. The van der Waals surface area contributed by atoms with Crippen LogP contribution in [0.5, 0.6) is 0 Å². The molecule has 0 bridgehead atoms. The molecule has 2 aliphatic heterocycles. The van der Waals surface area contributed by atoms with E-state index in [0.717, 1.165) is 38.5 Å². The SMILES string of the molecule is O=C(c1cnccn1)N1CCCC(N(C(=O)C2CC2)C2CCOCC2)C1. The molecular formula is C19H26N4O3. The second kappa shape index (κ2) is 7.70. The predicted octanol–water partition coefficient (Wildman–Crippen LogP) is 1.50. The van der Waals surface area contributed by atoms with Crippen molar-refractivity contribution in [1.82, 2.24) is 19.8 Å². The van der Waals surface area contributed by atoms with Crippen molar-refractivity contribution in [3.8, 4) is 0 Å². The van der Waals surface area contributed by atoms with Crippen LogP contribution >= 0.6 is 0 Å². The van der Waals surface area contributed by atoms with Gasteiger partial charge in [0.25, 0.3) is 5.91 Å². The molecule has 1 aliphatic carbocycles. The fourth-order valence-corrected chi connectivity index (χ4v) is 4.10. The lowest BCUT2D eigenvalue weighted by Gasteiger charge is -2.44. The zero-order chi connectivity index (χ0) is 17.9. The van der Waals surface area contributed by atoms with Gasteiger partial charge in [0.15, 0.2) is 0 Å². The van der Waals surface area contributed by atoms with Gasteiger partial charge in [0.1, 0.15) is 5.69 Å². The Bertz CT molecular complexity index is 643. The van der Waals surface area contributed by atoms with Gasteiger partial charge in [-0.05, 0) is 38.5 Å². The summed E-state index contributed by atoms with van der Waals surface area (Å²) in [7, 11) is 0. The van der Waals surface area contributed by atoms with Crippen molar-refractivity contribution in [3.05, 3.63) is 24.3 Å². The molecular weight excluding hydrogens is 332 g/mol. The van der Waals surface area contributed by atoms with Crippen molar-refractivity contribution in [3.63, 3.8) is 0 Å². The second-order valence-electron chi connectivity index (χ2n) is 7.50. The number of hydrogen-bond acceptors (Lipinski definition) is 5. The molecule has 1 unspecified atom stereocenters. The van der Waals surface area contributed by atoms with Crippen molar-refractivity contribution in [2.75, 3.05) is 26.3 Å². The number of rotatable bonds is 4. The maximum Gasteiger partial charge on any atom is 0.274 e. The van der Waals surface area contributed by atoms with Gasteiger partial charge in [-0.25, -0.2) is 4.98 Å². The quantitative estimate of drug-likeness (QED) is 0.815. The van der Waals surface area contributed by atoms with E-state index in [4.69, 9.17) is 4.74 Å². The molecule has 4 rings (SSSR count). The molecule has 140 valence electrons. The molecule has 3 heterocycles. The first-order chi connectivity index (χ1) is 12.7. The van der Waals surface area contributed by atoms with Crippen molar-refractivity contribution in [2.45, 2.75) is 50.6 Å². The number of hydrogen-bond donors (Lipinski definition) is 0. The molecule has 2 saturated heterocycles. The van der Waals surface area contributed by atoms with Crippen molar-refractivity contribution in [1.29, 1.82) is 0 Å². The maximum atomic E-state index is 13.0. The highest BCUT2D eigenvalue weighted by atomic mass is 16.5. The number of aromatic nitrogens is 2. The number of piperidine rings is 1. The van der Waals surface area contributed by atoms with Gasteiger partial charge in [-0.15, -0.1) is 0 Å². The summed E-state index contributed by atoms with van der Waals surface area (Å²) in [5.74, 6) is 0.396. The maximum absolute atomic E-state index is 13.0. The zero-order valence-corrected chi connectivity index (χ0v) is 15.0. The first-order valence-corrected chi connectivity index (χ1v) is 9.69. The molecule has 0 aromatic carbocycles. The van der Waals surface area contributed by atoms with Gasteiger partial charge in [-0.3, -0.25) is 14.6 Å². The van der Waals surface area contributed by atoms with Crippen LogP contribution in [0.4, 0.5) is 0 Å². The number of carbonyl (C=O) groups is 2. The molecule has 0 radical (unpaired) electrons. The Morgan fingerprint density at radius 3 is 2.58 bits per heavy atom. The lowest BCUT2D eigenvalue weighted by molar-refractivity contribution is -0.141. The number of nitrogens with zero attached hydrogens (tertiary/aromatic N) is 4. The van der Waals surface area contributed by atoms with Crippen LogP contribution in [0, 0.1) is 5.92 Å². The third kappa shape index (κ3) is 3.72. The molecule has 7 nitrogen and oxygen atoms in total. The molecule has 0 N–H and O–H groups in total. The van der Waals surface area contributed by atoms with E-state index in [1.807, 2.05) is 4.90 Å². The molecule has 2 amide bonds. The molecule has 3 fully saturated rings. The molecule has 26 heavy (non-hydrogen) atoms. The predicted molar refractivity (Wildman–Crippen MR) is 94.4 cm³/mol. The van der Waals surface area contributed by atoms with Crippen LogP contribution in [-0.2, 0) is 9.53 Å². The van der Waals surface area contributed by atoms with E-state index in [0.29, 0.717) is 32.0 Å². The van der Waals surface area contributed by atoms with Gasteiger partial charge < -0.3 is 14.5 Å². The Balaban J connectivity index is 1.50. The Hall–Kier alpha value is -2.02. The Labute approximate surface area is 153 Å². The summed E-state index contributed by atoms with van der Waals surface area (Å²) in [5, 5.41) is 0. The van der Waals surface area contributed by atoms with Crippen LogP contribution < -0.4 is 0 Å². The molecule has 1 aromatic rings. The van der Waals surface area contributed by atoms with Gasteiger partial charge in [-0.2, -0.15) is 0 Å². The minimum atomic E-state index is -0.0893. The van der Waals surface area contributed by atoms with Crippen molar-refractivity contribution < 1.29 is 14.3 Å². The highest BCUT2D eigenvalue weighted by Gasteiger charge is 2.41. The molecule has 1 saturated carbocycles. The molecule has 3 aliphatic rings. The second-order valence-corrected chi connectivity index (χ2v) is 7.50. The van der Waals surface area contributed by atoms with Crippen LogP contribution in [0.25, 0.3) is 0 Å². The van der Waals surface area contributed by atoms with Crippen molar-refractivity contribution >= 4 is 11.8 Å². The molecule has 7 heteroatoms. The fourth-order valence-electron chi connectivity index (χ4n) is 4.10. The summed E-state index contributed by atoms with van der Waals surface area (Å²) < 4.78 is 5.49. The fraction of sp³-hybridized carbons (Fsp3) is 0.684. The molecule has 1 atom stereocenters. The van der Waals surface area contributed by atoms with Crippen LogP contribution in [0.3, 0.4) is 0 Å². The highest BCUT2D eigenvalue weighted by molar-refractivity contribution is 5.92. The number of carbonyl (C=O) groups excluding carboxylic acids is 2. The number of ether oxygens (including phenoxy) is 1. The molecule has 0 spiro atoms. The average Bonchev–Trinajstić information content (AvgIpc) is 3.55. The van der Waals surface area contributed by atoms with E-state index in [1.165, 1.54) is 6.20 Å². The summed E-state index contributed by atoms with van der Waals surface area (Å²) in [6.45, 7) is 2.73. The standard InChI is InChI=1S/C19H26N4O3/c24-18(14-3-4-14)23(15-5-10-26-11-6-15)16-2-1-9-22(13-16)19(25)17-12-20-7-8-21-17/h7-8,12,14-16H,1-6,9-11,13H2. The average molecular weight is 358 g/mol. The minimum Gasteiger partial charge on any atom is -0.381 e. The smallest absolute Gasteiger partial charge is 0.274 e. The lowest BCUT2D eigenvalue weighted by atomic mass is 9.97. The molecule has 1 aromatic heterocycles. The van der Waals surface area contributed by atoms with E-state index in [-0.39, 0.29) is 29.8 Å². The summed E-state index contributed by atoms with van der Waals surface area (Å²) in [6.07, 6.45) is 10.3. The van der Waals surface area contributed by atoms with Gasteiger partial charge >= 0.3 is 0 Å². The van der Waals surface area contributed by atoms with Crippen LogP contribution in [0.2, 0.25) is 0 Å². The van der Waals surface area contributed by atoms with Gasteiger partial charge in [0, 0.05) is 56.7 Å². The van der Waals surface area contributed by atoms with Crippen molar-refractivity contribution in [2.24, 2.45) is 5.92 Å². The Kier molecular flexibility index (Phi) is 5.15. The van der Waals surface area contributed by atoms with E-state index in [2.05, 4.69) is 14.9 Å². The third-order valence-electron chi connectivity index (χ3n) is 5.62. The summed E-state index contributed by atoms with van der Waals surface area (Å²) >= 11 is 0. The number of amides is 2. The van der Waals surface area contributed by atoms with Gasteiger partial charge in [0.05, 0.1) is 6.20 Å². The largest absolute Gasteiger partial charge is 0.381 e. The Morgan fingerprint density at radius 1 is 1.08 bits per heavy atom. The lowest BCUT2D eigenvalue weighted by Crippen LogP contribution is -2.56. The van der Waals surface area contributed by atoms with Crippen LogP contribution in [-0.4, -0.2) is 70.0 Å². The van der Waals surface area contributed by atoms with E-state index in [9.17, 15) is 9.59 Å². The van der Waals surface area contributed by atoms with Gasteiger partial charge in [0.2, 0.25) is 5.91 Å². The highest BCUT2D eigenvalue weighted by Crippen LogP contribution is 2.35. The topological polar surface area (TPSA) is 75.6 Å². The van der Waals surface area contributed by atoms with E-state index in [1.54, 1.807) is 12.4 Å². The number of likely N-dealkylation sites (tertiary alicyclic amines) is 1. The first kappa shape index (κ1) is 17.4. The van der Waals surface area contributed by atoms with E-state index < -0.39 is 0 Å². The van der Waals surface area contributed by atoms with Crippen LogP contribution in [0.1, 0.15) is 49.0 Å². The first-order valence-electron chi connectivity index (χ1n) is 9.69. The van der Waals surface area contributed by atoms with Gasteiger partial charge in [-0.1, -0.05) is 0 Å². The van der Waals surface area contributed by atoms with Crippen LogP contribution in [0.15, 0.2) is 18.6 Å². The summed E-state index contributed by atoms with van der Waals surface area (Å²) in [5.41, 5.74) is 0.374. The van der Waals surface area contributed by atoms with E-state index >= 15 is 0 Å². The summed E-state index contributed by atoms with van der Waals surface area (Å²) in [4.78, 5) is 37.9. The monoisotopic (exact) mass is 358 g/mol. The third-order valence-corrected chi connectivity index (χ3v) is 5.62. The summed E-state index contributed by atoms with van der Waals surface area (Å²) in [6, 6.07) is 0.342. The minimum absolute atomic E-state index is 0.0893. The Morgan fingerprint density at radius 2 is 1.88 bits per heavy atom.